The van der Waals surface area contributed by atoms with Crippen LogP contribution in [0, 0.1) is 0 Å². The number of nitrogens with one attached hydrogen (secondary N) is 1. The predicted molar refractivity (Wildman–Crippen MR) is 70.3 cm³/mol. The first-order chi connectivity index (χ1) is 8.13. The molecule has 4 N–H and O–H groups in total. The molecule has 5 heteroatoms. The zero-order valence-corrected chi connectivity index (χ0v) is 10.3. The Hall–Kier alpha value is -1.42. The van der Waals surface area contributed by atoms with Gasteiger partial charge in [-0.2, -0.15) is 0 Å². The van der Waals surface area contributed by atoms with Gasteiger partial charge in [-0.1, -0.05) is 6.42 Å². The average molecular weight is 257 g/mol. The first kappa shape index (κ1) is 13.6. The number of anilines is 2. The molecule has 1 aromatic carbocycles. The van der Waals surface area contributed by atoms with Crippen LogP contribution in [0.5, 0.6) is 5.75 Å². The lowest BCUT2D eigenvalue weighted by Crippen LogP contribution is -2.11. The minimum Gasteiger partial charge on any atom is -0.506 e. The maximum absolute atomic E-state index is 11.5. The van der Waals surface area contributed by atoms with Crippen LogP contribution in [0.25, 0.3) is 0 Å². The zero-order chi connectivity index (χ0) is 12.7. The molecule has 0 bridgehead atoms. The molecule has 0 saturated carbocycles. The number of benzene rings is 1. The van der Waals surface area contributed by atoms with Gasteiger partial charge in [0.05, 0.1) is 5.69 Å². The highest BCUT2D eigenvalue weighted by Gasteiger charge is 2.04. The highest BCUT2D eigenvalue weighted by molar-refractivity contribution is 6.17. The maximum atomic E-state index is 11.5. The van der Waals surface area contributed by atoms with Gasteiger partial charge in [-0.15, -0.1) is 11.6 Å². The summed E-state index contributed by atoms with van der Waals surface area (Å²) in [6.07, 6.45) is 3.16. The summed E-state index contributed by atoms with van der Waals surface area (Å²) in [6, 6.07) is 4.65. The summed E-state index contributed by atoms with van der Waals surface area (Å²) in [5.74, 6) is 0.543. The number of hydrogen-bond donors (Lipinski definition) is 3. The van der Waals surface area contributed by atoms with E-state index in [1.165, 1.54) is 6.07 Å². The number of aromatic hydroxyl groups is 1. The van der Waals surface area contributed by atoms with Gasteiger partial charge in [-0.05, 0) is 25.0 Å². The van der Waals surface area contributed by atoms with Crippen LogP contribution < -0.4 is 11.1 Å². The number of unbranched alkanes of at least 4 members (excludes halogenated alkanes) is 2. The van der Waals surface area contributed by atoms with Gasteiger partial charge < -0.3 is 16.2 Å². The second kappa shape index (κ2) is 7.01. The number of halogens is 1. The Morgan fingerprint density at radius 3 is 2.76 bits per heavy atom. The third-order valence-electron chi connectivity index (χ3n) is 2.35. The van der Waals surface area contributed by atoms with Crippen molar-refractivity contribution >= 4 is 28.9 Å². The van der Waals surface area contributed by atoms with Gasteiger partial charge in [0, 0.05) is 24.1 Å². The number of rotatable bonds is 6. The van der Waals surface area contributed by atoms with E-state index in [2.05, 4.69) is 5.32 Å². The predicted octanol–water partition coefficient (Wildman–Crippen LogP) is 2.71. The van der Waals surface area contributed by atoms with Crippen LogP contribution in [0.2, 0.25) is 0 Å². The SMILES string of the molecule is Nc1ccc(NC(=O)CCCCCCl)cc1O. The van der Waals surface area contributed by atoms with E-state index < -0.39 is 0 Å². The summed E-state index contributed by atoms with van der Waals surface area (Å²) < 4.78 is 0. The molecule has 0 aliphatic rings. The van der Waals surface area contributed by atoms with Crippen molar-refractivity contribution in [1.29, 1.82) is 0 Å². The average Bonchev–Trinajstić information content (AvgIpc) is 2.30. The van der Waals surface area contributed by atoms with Crippen molar-refractivity contribution in [3.8, 4) is 5.75 Å². The van der Waals surface area contributed by atoms with Crippen LogP contribution in [0.3, 0.4) is 0 Å². The number of phenols is 1. The third-order valence-corrected chi connectivity index (χ3v) is 2.62. The quantitative estimate of drug-likeness (QED) is 0.317. The first-order valence-electron chi connectivity index (χ1n) is 5.58. The highest BCUT2D eigenvalue weighted by atomic mass is 35.5. The topological polar surface area (TPSA) is 75.3 Å². The van der Waals surface area contributed by atoms with Crippen molar-refractivity contribution in [3.05, 3.63) is 18.2 Å². The van der Waals surface area contributed by atoms with E-state index in [9.17, 15) is 9.90 Å². The molecular formula is C12H17ClN2O2. The Kier molecular flexibility index (Phi) is 5.63. The number of carbonyl (C=O) groups is 1. The van der Waals surface area contributed by atoms with Crippen LogP contribution in [0.1, 0.15) is 25.7 Å². The van der Waals surface area contributed by atoms with Gasteiger partial charge in [-0.3, -0.25) is 4.79 Å². The molecule has 0 spiro atoms. The summed E-state index contributed by atoms with van der Waals surface area (Å²) >= 11 is 5.54. The van der Waals surface area contributed by atoms with E-state index in [0.29, 0.717) is 23.7 Å². The minimum atomic E-state index is -0.0660. The molecule has 4 nitrogen and oxygen atoms in total. The normalized spacial score (nSPS) is 10.2. The minimum absolute atomic E-state index is 0.0232. The molecule has 0 saturated heterocycles. The third kappa shape index (κ3) is 4.95. The second-order valence-corrected chi connectivity index (χ2v) is 4.20. The lowest BCUT2D eigenvalue weighted by Gasteiger charge is -2.06. The maximum Gasteiger partial charge on any atom is 0.224 e. The first-order valence-corrected chi connectivity index (χ1v) is 6.11. The fourth-order valence-electron chi connectivity index (χ4n) is 1.40. The molecule has 0 fully saturated rings. The van der Waals surface area contributed by atoms with Crippen LogP contribution in [-0.4, -0.2) is 16.9 Å². The Morgan fingerprint density at radius 1 is 1.35 bits per heavy atom. The molecule has 0 radical (unpaired) electrons. The summed E-state index contributed by atoms with van der Waals surface area (Å²) in [7, 11) is 0. The van der Waals surface area contributed by atoms with E-state index in [1.807, 2.05) is 0 Å². The van der Waals surface area contributed by atoms with E-state index in [0.717, 1.165) is 19.3 Å². The Morgan fingerprint density at radius 2 is 2.12 bits per heavy atom. The molecule has 94 valence electrons. The lowest BCUT2D eigenvalue weighted by atomic mass is 10.2. The zero-order valence-electron chi connectivity index (χ0n) is 9.58. The van der Waals surface area contributed by atoms with Crippen LogP contribution >= 0.6 is 11.6 Å². The van der Waals surface area contributed by atoms with Crippen molar-refractivity contribution in [2.24, 2.45) is 0 Å². The van der Waals surface area contributed by atoms with Crippen molar-refractivity contribution in [3.63, 3.8) is 0 Å². The molecule has 1 amide bonds. The number of nitrogens with two attached hydrogens (primary N) is 1. The fraction of sp³-hybridized carbons (Fsp3) is 0.417. The van der Waals surface area contributed by atoms with Gasteiger partial charge in [0.15, 0.2) is 0 Å². The van der Waals surface area contributed by atoms with E-state index in [4.69, 9.17) is 17.3 Å². The molecule has 1 aromatic rings. The molecule has 0 unspecified atom stereocenters. The second-order valence-electron chi connectivity index (χ2n) is 3.82. The number of amides is 1. The molecule has 0 atom stereocenters. The lowest BCUT2D eigenvalue weighted by molar-refractivity contribution is -0.116. The number of hydrogen-bond acceptors (Lipinski definition) is 3. The molecular weight excluding hydrogens is 240 g/mol. The van der Waals surface area contributed by atoms with Crippen molar-refractivity contribution in [1.82, 2.24) is 0 Å². The van der Waals surface area contributed by atoms with Crippen molar-refractivity contribution in [2.75, 3.05) is 16.9 Å². The number of phenolic OH excluding ortho intramolecular Hbond substituents is 1. The van der Waals surface area contributed by atoms with Crippen molar-refractivity contribution in [2.45, 2.75) is 25.7 Å². The molecule has 0 aromatic heterocycles. The molecule has 0 aliphatic carbocycles. The monoisotopic (exact) mass is 256 g/mol. The van der Waals surface area contributed by atoms with Gasteiger partial charge in [0.25, 0.3) is 0 Å². The highest BCUT2D eigenvalue weighted by Crippen LogP contribution is 2.23. The fourth-order valence-corrected chi connectivity index (χ4v) is 1.59. The summed E-state index contributed by atoms with van der Waals surface area (Å²) in [4.78, 5) is 11.5. The van der Waals surface area contributed by atoms with Crippen LogP contribution in [-0.2, 0) is 4.79 Å². The standard InChI is InChI=1S/C12H17ClN2O2/c13-7-3-1-2-4-12(17)15-9-5-6-10(14)11(16)8-9/h5-6,8,16H,1-4,7,14H2,(H,15,17). The van der Waals surface area contributed by atoms with Gasteiger partial charge >= 0.3 is 0 Å². The van der Waals surface area contributed by atoms with Gasteiger partial charge in [0.2, 0.25) is 5.91 Å². The Bertz CT molecular complexity index is 383. The van der Waals surface area contributed by atoms with Crippen molar-refractivity contribution < 1.29 is 9.90 Å². The summed E-state index contributed by atoms with van der Waals surface area (Å²) in [5.41, 5.74) is 6.31. The van der Waals surface area contributed by atoms with E-state index >= 15 is 0 Å². The van der Waals surface area contributed by atoms with Gasteiger partial charge in [-0.25, -0.2) is 0 Å². The smallest absolute Gasteiger partial charge is 0.224 e. The largest absolute Gasteiger partial charge is 0.506 e. The Labute approximate surface area is 106 Å². The molecule has 17 heavy (non-hydrogen) atoms. The summed E-state index contributed by atoms with van der Waals surface area (Å²) in [6.45, 7) is 0. The number of carbonyl (C=O) groups excluding carboxylic acids is 1. The van der Waals surface area contributed by atoms with E-state index in [-0.39, 0.29) is 11.7 Å². The van der Waals surface area contributed by atoms with Gasteiger partial charge in [0.1, 0.15) is 5.75 Å². The van der Waals surface area contributed by atoms with Crippen LogP contribution in [0.4, 0.5) is 11.4 Å². The molecule has 0 aliphatic heterocycles. The number of alkyl halides is 1. The molecule has 1 rings (SSSR count). The van der Waals surface area contributed by atoms with Crippen LogP contribution in [0.15, 0.2) is 18.2 Å². The Balaban J connectivity index is 2.37. The summed E-state index contributed by atoms with van der Waals surface area (Å²) in [5, 5.41) is 12.1. The number of nitrogen functional groups attached to an aromatic ring is 1. The molecule has 0 heterocycles. The van der Waals surface area contributed by atoms with E-state index in [1.54, 1.807) is 12.1 Å².